The molecular formula is C28H35N7O7S2. The van der Waals surface area contributed by atoms with Gasteiger partial charge in [0.05, 0.1) is 10.1 Å². The van der Waals surface area contributed by atoms with Crippen molar-refractivity contribution in [2.75, 3.05) is 17.2 Å². The molecule has 44 heavy (non-hydrogen) atoms. The van der Waals surface area contributed by atoms with Gasteiger partial charge in [-0.1, -0.05) is 18.2 Å². The Hall–Kier alpha value is -4.28. The molecular weight excluding hydrogens is 610 g/mol. The summed E-state index contributed by atoms with van der Waals surface area (Å²) in [5.41, 5.74) is 1.75. The molecule has 0 atom stereocenters. The van der Waals surface area contributed by atoms with Crippen LogP contribution in [0.25, 0.3) is 0 Å². The summed E-state index contributed by atoms with van der Waals surface area (Å²) in [5.74, 6) is -0.297. The zero-order valence-corrected chi connectivity index (χ0v) is 26.3. The van der Waals surface area contributed by atoms with Crippen molar-refractivity contribution >= 4 is 55.2 Å². The summed E-state index contributed by atoms with van der Waals surface area (Å²) in [6, 6.07) is 13.0. The molecule has 1 aliphatic carbocycles. The Morgan fingerprint density at radius 1 is 0.977 bits per heavy atom. The van der Waals surface area contributed by atoms with Gasteiger partial charge in [-0.25, -0.2) is 36.1 Å². The molecule has 3 aromatic rings. The second-order valence-corrected chi connectivity index (χ2v) is 14.9. The molecule has 0 radical (unpaired) electrons. The largest absolute Gasteiger partial charge is 0.444 e. The van der Waals surface area contributed by atoms with Crippen molar-refractivity contribution < 1.29 is 31.2 Å². The van der Waals surface area contributed by atoms with Crippen LogP contribution < -0.4 is 25.4 Å². The number of aromatic nitrogens is 2. The molecule has 0 aliphatic heterocycles. The lowest BCUT2D eigenvalue weighted by atomic mass is 10.2. The van der Waals surface area contributed by atoms with Crippen LogP contribution in [0.4, 0.5) is 27.9 Å². The van der Waals surface area contributed by atoms with Crippen LogP contribution in [0.2, 0.25) is 0 Å². The van der Waals surface area contributed by atoms with Crippen molar-refractivity contribution in [1.82, 2.24) is 24.7 Å². The average molecular weight is 646 g/mol. The Bertz CT molecular complexity index is 1750. The third-order valence-electron chi connectivity index (χ3n) is 6.04. The summed E-state index contributed by atoms with van der Waals surface area (Å²) < 4.78 is 59.5. The van der Waals surface area contributed by atoms with Crippen molar-refractivity contribution in [3.63, 3.8) is 0 Å². The van der Waals surface area contributed by atoms with E-state index in [-0.39, 0.29) is 22.6 Å². The van der Waals surface area contributed by atoms with E-state index in [4.69, 9.17) is 4.74 Å². The zero-order valence-electron chi connectivity index (χ0n) is 24.7. The second kappa shape index (κ2) is 13.2. The minimum Gasteiger partial charge on any atom is -0.444 e. The predicted octanol–water partition coefficient (Wildman–Crippen LogP) is 3.18. The van der Waals surface area contributed by atoms with Crippen molar-refractivity contribution in [3.05, 3.63) is 65.9 Å². The zero-order chi connectivity index (χ0) is 32.1. The number of nitrogens with zero attached hydrogens (tertiary/aromatic N) is 2. The van der Waals surface area contributed by atoms with E-state index in [1.807, 2.05) is 29.8 Å². The van der Waals surface area contributed by atoms with Crippen LogP contribution >= 0.6 is 0 Å². The quantitative estimate of drug-likeness (QED) is 0.194. The number of carbonyl (C=O) groups excluding carboxylic acids is 2. The molecule has 14 nitrogen and oxygen atoms in total. The summed E-state index contributed by atoms with van der Waals surface area (Å²) in [7, 11) is -7.57. The number of hydrogen-bond acceptors (Lipinski definition) is 11. The maximum Gasteiger partial charge on any atom is 0.408 e. The highest BCUT2D eigenvalue weighted by Crippen LogP contribution is 2.28. The molecule has 1 saturated carbocycles. The molecule has 0 bridgehead atoms. The van der Waals surface area contributed by atoms with Crippen LogP contribution in [0, 0.1) is 6.92 Å². The number of sulfonamides is 2. The van der Waals surface area contributed by atoms with Crippen LogP contribution in [-0.4, -0.2) is 56.2 Å². The Labute approximate surface area is 256 Å². The topological polar surface area (TPSA) is 198 Å². The van der Waals surface area contributed by atoms with Crippen LogP contribution in [0.15, 0.2) is 59.6 Å². The highest BCUT2D eigenvalue weighted by atomic mass is 32.2. The molecule has 1 heterocycles. The number of rotatable bonds is 12. The van der Waals surface area contributed by atoms with Crippen LogP contribution in [0.3, 0.4) is 0 Å². The van der Waals surface area contributed by atoms with Gasteiger partial charge in [0, 0.05) is 29.7 Å². The maximum absolute atomic E-state index is 12.8. The van der Waals surface area contributed by atoms with Gasteiger partial charge in [0.15, 0.2) is 0 Å². The Morgan fingerprint density at radius 3 is 2.34 bits per heavy atom. The first-order valence-corrected chi connectivity index (χ1v) is 16.7. The Kier molecular flexibility index (Phi) is 9.75. The van der Waals surface area contributed by atoms with Crippen LogP contribution in [0.5, 0.6) is 0 Å². The lowest BCUT2D eigenvalue weighted by Gasteiger charge is -2.19. The third-order valence-corrected chi connectivity index (χ3v) is 9.31. The highest BCUT2D eigenvalue weighted by molar-refractivity contribution is 7.90. The van der Waals surface area contributed by atoms with Gasteiger partial charge in [0.2, 0.25) is 16.0 Å². The minimum atomic E-state index is -4.26. The van der Waals surface area contributed by atoms with E-state index in [0.717, 1.165) is 11.1 Å². The van der Waals surface area contributed by atoms with Crippen LogP contribution in [-0.2, 0) is 36.1 Å². The summed E-state index contributed by atoms with van der Waals surface area (Å²) in [5, 5.41) is 8.08. The number of hydrogen-bond donors (Lipinski definition) is 5. The molecule has 1 fully saturated rings. The maximum atomic E-state index is 12.8. The van der Waals surface area contributed by atoms with E-state index in [9.17, 15) is 26.4 Å². The number of carbonyl (C=O) groups is 2. The molecule has 4 rings (SSSR count). The molecule has 2 aromatic carbocycles. The Morgan fingerprint density at radius 2 is 1.66 bits per heavy atom. The van der Waals surface area contributed by atoms with E-state index < -0.39 is 44.2 Å². The number of alkyl carbamates (subject to hydrolysis) is 1. The smallest absolute Gasteiger partial charge is 0.408 e. The van der Waals surface area contributed by atoms with Gasteiger partial charge in [-0.05, 0) is 76.4 Å². The van der Waals surface area contributed by atoms with Crippen molar-refractivity contribution in [2.45, 2.75) is 62.8 Å². The van der Waals surface area contributed by atoms with E-state index >= 15 is 0 Å². The molecule has 1 aliphatic rings. The number of amides is 2. The Balaban J connectivity index is 1.39. The van der Waals surface area contributed by atoms with E-state index in [1.54, 1.807) is 39.1 Å². The molecule has 0 saturated heterocycles. The summed E-state index contributed by atoms with van der Waals surface area (Å²) in [4.78, 5) is 32.5. The monoisotopic (exact) mass is 645 g/mol. The number of ether oxygens (including phenoxy) is 1. The summed E-state index contributed by atoms with van der Waals surface area (Å²) in [6.07, 6.45) is 2.11. The fraction of sp³-hybridized carbons (Fsp3) is 0.357. The third kappa shape index (κ3) is 9.62. The fourth-order valence-corrected chi connectivity index (χ4v) is 6.18. The van der Waals surface area contributed by atoms with Gasteiger partial charge in [0.25, 0.3) is 15.9 Å². The minimum absolute atomic E-state index is 0.171. The summed E-state index contributed by atoms with van der Waals surface area (Å²) in [6.45, 7) is 6.35. The first kappa shape index (κ1) is 32.6. The number of nitrogens with one attached hydrogen (secondary N) is 5. The lowest BCUT2D eigenvalue weighted by molar-refractivity contribution is -0.118. The van der Waals surface area contributed by atoms with Gasteiger partial charge in [-0.2, -0.15) is 4.98 Å². The van der Waals surface area contributed by atoms with E-state index in [0.29, 0.717) is 30.0 Å². The van der Waals surface area contributed by atoms with Gasteiger partial charge in [-0.3, -0.25) is 4.79 Å². The molecule has 5 N–H and O–H groups in total. The SMILES string of the molecule is Cc1cnc(Nc2cccc(S(=O)(=O)NC(=O)CNC(=O)OC(C)(C)C)c2)nc1Nc1cccc(CNS(=O)(=O)C2CC2)c1. The van der Waals surface area contributed by atoms with Crippen molar-refractivity contribution in [1.29, 1.82) is 0 Å². The molecule has 236 valence electrons. The highest BCUT2D eigenvalue weighted by Gasteiger charge is 2.35. The number of benzene rings is 2. The average Bonchev–Trinajstić information content (AvgIpc) is 3.79. The molecule has 2 amide bonds. The van der Waals surface area contributed by atoms with Crippen molar-refractivity contribution in [2.24, 2.45) is 0 Å². The summed E-state index contributed by atoms with van der Waals surface area (Å²) >= 11 is 0. The first-order valence-electron chi connectivity index (χ1n) is 13.7. The van der Waals surface area contributed by atoms with Crippen LogP contribution in [0.1, 0.15) is 44.7 Å². The normalized spacial score (nSPS) is 13.5. The van der Waals surface area contributed by atoms with Gasteiger partial charge < -0.3 is 20.7 Å². The first-order chi connectivity index (χ1) is 20.6. The number of aryl methyl sites for hydroxylation is 1. The molecule has 0 unspecified atom stereocenters. The predicted molar refractivity (Wildman–Crippen MR) is 165 cm³/mol. The van der Waals surface area contributed by atoms with E-state index in [2.05, 4.69) is 30.6 Å². The second-order valence-electron chi connectivity index (χ2n) is 11.2. The van der Waals surface area contributed by atoms with Gasteiger partial charge in [-0.15, -0.1) is 0 Å². The van der Waals surface area contributed by atoms with Gasteiger partial charge in [0.1, 0.15) is 18.0 Å². The molecule has 1 aromatic heterocycles. The molecule has 16 heteroatoms. The van der Waals surface area contributed by atoms with Crippen molar-refractivity contribution in [3.8, 4) is 0 Å². The van der Waals surface area contributed by atoms with E-state index in [1.165, 1.54) is 18.2 Å². The lowest BCUT2D eigenvalue weighted by Crippen LogP contribution is -2.41. The molecule has 0 spiro atoms. The standard InChI is InChI=1S/C28H35N7O7S2/c1-18-15-29-26(34-25(18)32-20-8-5-7-19(13-20)16-31-43(38,39)22-11-12-22)33-21-9-6-10-23(14-21)44(40,41)35-24(36)17-30-27(37)42-28(2,3)4/h5-10,13-15,22,31H,11-12,16-17H2,1-4H3,(H,30,37)(H,35,36)(H2,29,32,33,34). The van der Waals surface area contributed by atoms with Gasteiger partial charge >= 0.3 is 6.09 Å². The fourth-order valence-electron chi connectivity index (χ4n) is 3.79. The number of anilines is 4.